The Morgan fingerprint density at radius 3 is 2.95 bits per heavy atom. The first kappa shape index (κ1) is 18.3. The second-order valence-electron chi connectivity index (χ2n) is 5.76. The molecule has 0 aromatic carbocycles. The highest BCUT2D eigenvalue weighted by molar-refractivity contribution is 5.53. The van der Waals surface area contributed by atoms with Crippen LogP contribution in [0.1, 0.15) is 39.5 Å². The van der Waals surface area contributed by atoms with Crippen LogP contribution in [0.25, 0.3) is 0 Å². The van der Waals surface area contributed by atoms with E-state index in [-0.39, 0.29) is 0 Å². The van der Waals surface area contributed by atoms with Gasteiger partial charge >= 0.3 is 0 Å². The molecule has 1 saturated heterocycles. The summed E-state index contributed by atoms with van der Waals surface area (Å²) >= 11 is 0. The predicted octanol–water partition coefficient (Wildman–Crippen LogP) is 4.24. The largest absolute Gasteiger partial charge is 0.494 e. The molecule has 0 N–H and O–H groups in total. The molecular weight excluding hydrogens is 274 g/mol. The normalized spacial score (nSPS) is 20.8. The monoisotopic (exact) mass is 303 g/mol. The molecule has 0 amide bonds. The number of carbonyl (C=O) groups excluding carboxylic acids is 1. The number of aldehydes is 1. The van der Waals surface area contributed by atoms with E-state index in [0.29, 0.717) is 12.5 Å². The van der Waals surface area contributed by atoms with E-state index in [0.717, 1.165) is 38.0 Å². The van der Waals surface area contributed by atoms with Crippen molar-refractivity contribution >= 4 is 6.29 Å². The lowest BCUT2D eigenvalue weighted by molar-refractivity contribution is -0.108. The Morgan fingerprint density at radius 1 is 1.45 bits per heavy atom. The van der Waals surface area contributed by atoms with Gasteiger partial charge in [0.05, 0.1) is 13.2 Å². The van der Waals surface area contributed by atoms with Gasteiger partial charge in [-0.1, -0.05) is 45.4 Å². The van der Waals surface area contributed by atoms with E-state index in [2.05, 4.69) is 31.4 Å². The lowest BCUT2D eigenvalue weighted by Gasteiger charge is -2.16. The molecule has 1 rings (SSSR count). The summed E-state index contributed by atoms with van der Waals surface area (Å²) in [5.74, 6) is 1.43. The average Bonchev–Trinajstić information content (AvgIpc) is 2.84. The predicted molar refractivity (Wildman–Crippen MR) is 92.4 cm³/mol. The molecule has 1 aliphatic heterocycles. The third-order valence-corrected chi connectivity index (χ3v) is 3.64. The molecule has 22 heavy (non-hydrogen) atoms. The average molecular weight is 303 g/mol. The molecule has 1 atom stereocenters. The standard InChI is InChI=1S/C19H29NO2/c1-4-6-7-14-22-19(9-5-2)11-8-10-18-15-17(3)16-20(18)12-13-21/h5,8-11,13,17H,2,4,6-7,12,14-16H2,1,3H3/b11-8-,18-10+,19-9+. The van der Waals surface area contributed by atoms with E-state index in [1.54, 1.807) is 6.08 Å². The molecule has 0 aromatic heterocycles. The number of ether oxygens (including phenoxy) is 1. The Morgan fingerprint density at radius 2 is 2.27 bits per heavy atom. The first-order valence-corrected chi connectivity index (χ1v) is 8.22. The van der Waals surface area contributed by atoms with Crippen LogP contribution in [0.2, 0.25) is 0 Å². The highest BCUT2D eigenvalue weighted by Crippen LogP contribution is 2.25. The van der Waals surface area contributed by atoms with Gasteiger partial charge in [-0.15, -0.1) is 0 Å². The molecular formula is C19H29NO2. The fourth-order valence-electron chi connectivity index (χ4n) is 2.56. The van der Waals surface area contributed by atoms with Crippen LogP contribution in [0.5, 0.6) is 0 Å². The molecule has 0 saturated carbocycles. The van der Waals surface area contributed by atoms with Crippen molar-refractivity contribution in [2.24, 2.45) is 5.92 Å². The van der Waals surface area contributed by atoms with Crippen LogP contribution in [0.15, 0.2) is 48.4 Å². The highest BCUT2D eigenvalue weighted by Gasteiger charge is 2.21. The van der Waals surface area contributed by atoms with E-state index in [1.807, 2.05) is 18.2 Å². The second kappa shape index (κ2) is 10.9. The highest BCUT2D eigenvalue weighted by atomic mass is 16.5. The molecule has 0 spiro atoms. The topological polar surface area (TPSA) is 29.5 Å². The van der Waals surface area contributed by atoms with Crippen molar-refractivity contribution in [2.75, 3.05) is 19.7 Å². The number of hydrogen-bond donors (Lipinski definition) is 0. The van der Waals surface area contributed by atoms with E-state index >= 15 is 0 Å². The van der Waals surface area contributed by atoms with Gasteiger partial charge in [0.25, 0.3) is 0 Å². The summed E-state index contributed by atoms with van der Waals surface area (Å²) in [5, 5.41) is 0. The van der Waals surface area contributed by atoms with Crippen LogP contribution in [0, 0.1) is 5.92 Å². The molecule has 122 valence electrons. The summed E-state index contributed by atoms with van der Waals surface area (Å²) in [6, 6.07) is 0. The first-order chi connectivity index (χ1) is 10.7. The number of carbonyl (C=O) groups is 1. The fraction of sp³-hybridized carbons (Fsp3) is 0.526. The molecule has 3 heteroatoms. The van der Waals surface area contributed by atoms with Crippen molar-refractivity contribution < 1.29 is 9.53 Å². The van der Waals surface area contributed by atoms with E-state index in [1.165, 1.54) is 18.5 Å². The molecule has 0 radical (unpaired) electrons. The van der Waals surface area contributed by atoms with Gasteiger partial charge in [0, 0.05) is 12.2 Å². The minimum atomic E-state index is 0.479. The van der Waals surface area contributed by atoms with Crippen LogP contribution in [0.3, 0.4) is 0 Å². The molecule has 1 unspecified atom stereocenters. The molecule has 1 heterocycles. The summed E-state index contributed by atoms with van der Waals surface area (Å²) in [5.41, 5.74) is 1.22. The van der Waals surface area contributed by atoms with Gasteiger partial charge in [0.1, 0.15) is 12.0 Å². The van der Waals surface area contributed by atoms with Crippen LogP contribution in [-0.4, -0.2) is 30.9 Å². The maximum absolute atomic E-state index is 10.7. The molecule has 0 bridgehead atoms. The number of unbranched alkanes of at least 4 members (excludes halogenated alkanes) is 2. The van der Waals surface area contributed by atoms with Gasteiger partial charge in [-0.25, -0.2) is 0 Å². The van der Waals surface area contributed by atoms with Crippen LogP contribution in [-0.2, 0) is 9.53 Å². The lowest BCUT2D eigenvalue weighted by Crippen LogP contribution is -2.21. The van der Waals surface area contributed by atoms with Crippen LogP contribution < -0.4 is 0 Å². The summed E-state index contributed by atoms with van der Waals surface area (Å²) in [6.45, 7) is 10.3. The smallest absolute Gasteiger partial charge is 0.139 e. The van der Waals surface area contributed by atoms with E-state index in [9.17, 15) is 4.79 Å². The number of hydrogen-bond acceptors (Lipinski definition) is 3. The number of likely N-dealkylation sites (tertiary alicyclic amines) is 1. The first-order valence-electron chi connectivity index (χ1n) is 8.22. The Labute approximate surface area is 135 Å². The van der Waals surface area contributed by atoms with Crippen molar-refractivity contribution in [3.8, 4) is 0 Å². The van der Waals surface area contributed by atoms with E-state index < -0.39 is 0 Å². The Bertz CT molecular complexity index is 435. The van der Waals surface area contributed by atoms with Gasteiger partial charge in [-0.3, -0.25) is 0 Å². The third kappa shape index (κ3) is 6.79. The van der Waals surface area contributed by atoms with Gasteiger partial charge in [0.2, 0.25) is 0 Å². The second-order valence-corrected chi connectivity index (χ2v) is 5.76. The van der Waals surface area contributed by atoms with Gasteiger partial charge in [-0.05, 0) is 37.0 Å². The summed E-state index contributed by atoms with van der Waals surface area (Å²) in [6.07, 6.45) is 15.1. The van der Waals surface area contributed by atoms with Crippen LogP contribution >= 0.6 is 0 Å². The Kier molecular flexibility index (Phi) is 9.04. The van der Waals surface area contributed by atoms with Gasteiger partial charge in [-0.2, -0.15) is 0 Å². The Hall–Kier alpha value is -1.77. The number of rotatable bonds is 10. The molecule has 3 nitrogen and oxygen atoms in total. The van der Waals surface area contributed by atoms with Crippen molar-refractivity contribution in [1.82, 2.24) is 4.90 Å². The molecule has 0 aliphatic carbocycles. The summed E-state index contributed by atoms with van der Waals surface area (Å²) in [4.78, 5) is 12.9. The fourth-order valence-corrected chi connectivity index (χ4v) is 2.56. The summed E-state index contributed by atoms with van der Waals surface area (Å²) < 4.78 is 5.75. The molecule has 1 aliphatic rings. The van der Waals surface area contributed by atoms with Crippen molar-refractivity contribution in [1.29, 1.82) is 0 Å². The maximum Gasteiger partial charge on any atom is 0.139 e. The van der Waals surface area contributed by atoms with E-state index in [4.69, 9.17) is 4.74 Å². The minimum absolute atomic E-state index is 0.479. The summed E-state index contributed by atoms with van der Waals surface area (Å²) in [7, 11) is 0. The molecule has 1 fully saturated rings. The number of allylic oxidation sites excluding steroid dienone is 6. The van der Waals surface area contributed by atoms with Crippen molar-refractivity contribution in [3.05, 3.63) is 48.4 Å². The molecule has 0 aromatic rings. The number of nitrogens with zero attached hydrogens (tertiary/aromatic N) is 1. The SMILES string of the molecule is C=C\C=C(/C=C\C=C1/CC(C)CN1CC=O)OCCCCC. The zero-order valence-electron chi connectivity index (χ0n) is 14.0. The third-order valence-electron chi connectivity index (χ3n) is 3.64. The van der Waals surface area contributed by atoms with Crippen LogP contribution in [0.4, 0.5) is 0 Å². The Balaban J connectivity index is 2.58. The minimum Gasteiger partial charge on any atom is -0.494 e. The van der Waals surface area contributed by atoms with Gasteiger partial charge < -0.3 is 14.4 Å². The van der Waals surface area contributed by atoms with Crippen molar-refractivity contribution in [3.63, 3.8) is 0 Å². The quantitative estimate of drug-likeness (QED) is 0.262. The zero-order chi connectivity index (χ0) is 16.2. The zero-order valence-corrected chi connectivity index (χ0v) is 14.0. The van der Waals surface area contributed by atoms with Gasteiger partial charge in [0.15, 0.2) is 0 Å². The lowest BCUT2D eigenvalue weighted by atomic mass is 10.1. The maximum atomic E-state index is 10.7. The van der Waals surface area contributed by atoms with Crippen molar-refractivity contribution in [2.45, 2.75) is 39.5 Å².